The average molecular weight is 184 g/mol. The van der Waals surface area contributed by atoms with Gasteiger partial charge in [0.15, 0.2) is 6.20 Å². The van der Waals surface area contributed by atoms with Gasteiger partial charge in [-0.05, 0) is 19.4 Å². The van der Waals surface area contributed by atoms with Crippen molar-refractivity contribution < 1.29 is 4.24 Å². The molecule has 0 saturated carbocycles. The smallest absolute Gasteiger partial charge is 0.174 e. The molecule has 1 heteroatoms. The van der Waals surface area contributed by atoms with Crippen LogP contribution >= 0.6 is 0 Å². The lowest BCUT2D eigenvalue weighted by molar-refractivity contribution is -0.514. The van der Waals surface area contributed by atoms with E-state index in [-0.39, 0.29) is 0 Å². The summed E-state index contributed by atoms with van der Waals surface area (Å²) in [6.45, 7) is 6.12. The summed E-state index contributed by atoms with van der Waals surface area (Å²) in [5, 5.41) is 1.23. The van der Waals surface area contributed by atoms with E-state index in [1.807, 2.05) is 16.5 Å². The van der Waals surface area contributed by atoms with Crippen molar-refractivity contribution in [1.82, 2.24) is 0 Å². The van der Waals surface area contributed by atoms with Gasteiger partial charge in [-0.15, -0.1) is 0 Å². The predicted molar refractivity (Wildman–Crippen MR) is 58.1 cm³/mol. The van der Waals surface area contributed by atoms with E-state index in [4.69, 9.17) is 0 Å². The van der Waals surface area contributed by atoms with Gasteiger partial charge in [0.05, 0.1) is 0 Å². The summed E-state index contributed by atoms with van der Waals surface area (Å²) in [5.74, 6) is 0. The molecule has 14 heavy (non-hydrogen) atoms. The maximum atomic E-state index is 3.99. The highest BCUT2D eigenvalue weighted by Crippen LogP contribution is 2.08. The predicted octanol–water partition coefficient (Wildman–Crippen LogP) is 1.59. The van der Waals surface area contributed by atoms with E-state index < -0.39 is 0 Å². The highest BCUT2D eigenvalue weighted by atomic mass is 14.8. The SMILES string of the molecule is C=[n+]1cccc(C)/c1=C1/C=CC=CC1. The van der Waals surface area contributed by atoms with Gasteiger partial charge in [0.2, 0.25) is 5.35 Å². The van der Waals surface area contributed by atoms with E-state index in [9.17, 15) is 0 Å². The molecule has 0 amide bonds. The topological polar surface area (TPSA) is 5.90 Å². The third-order valence-electron chi connectivity index (χ3n) is 2.46. The number of nitrogens with zero attached hydrogens (tertiary/aromatic N) is 1. The van der Waals surface area contributed by atoms with Gasteiger partial charge in [0, 0.05) is 17.2 Å². The van der Waals surface area contributed by atoms with E-state index in [0.717, 1.165) is 6.42 Å². The van der Waals surface area contributed by atoms with Gasteiger partial charge in [-0.3, -0.25) is 0 Å². The van der Waals surface area contributed by atoms with Crippen LogP contribution in [0.15, 0.2) is 42.6 Å². The summed E-state index contributed by atoms with van der Waals surface area (Å²) in [6, 6.07) is 4.14. The molecule has 2 rings (SSSR count). The van der Waals surface area contributed by atoms with Crippen molar-refractivity contribution in [3.8, 4) is 0 Å². The largest absolute Gasteiger partial charge is 0.216 e. The van der Waals surface area contributed by atoms with E-state index in [1.165, 1.54) is 16.5 Å². The van der Waals surface area contributed by atoms with Crippen LogP contribution in [0.5, 0.6) is 0 Å². The standard InChI is InChI=1S/C13H14N/c1-11-7-6-10-14(2)13(11)12-8-4-3-5-9-12/h3-8,10H,2,9H2,1H3/q+1/b13-12+. The first kappa shape index (κ1) is 8.95. The number of aryl methyl sites for hydroxylation is 1. The fourth-order valence-electron chi connectivity index (χ4n) is 1.80. The van der Waals surface area contributed by atoms with Crippen molar-refractivity contribution in [2.24, 2.45) is 0 Å². The van der Waals surface area contributed by atoms with E-state index in [2.05, 4.69) is 44.0 Å². The van der Waals surface area contributed by atoms with Gasteiger partial charge >= 0.3 is 0 Å². The van der Waals surface area contributed by atoms with Gasteiger partial charge in [0.1, 0.15) is 6.72 Å². The molecule has 0 bridgehead atoms. The molecule has 1 aliphatic carbocycles. The molecule has 1 aromatic rings. The Bertz CT molecular complexity index is 507. The van der Waals surface area contributed by atoms with Crippen molar-refractivity contribution in [3.05, 3.63) is 60.3 Å². The highest BCUT2D eigenvalue weighted by Gasteiger charge is 2.04. The van der Waals surface area contributed by atoms with Crippen molar-refractivity contribution >= 4 is 5.57 Å². The summed E-state index contributed by atoms with van der Waals surface area (Å²) in [7, 11) is 0. The second-order valence-corrected chi connectivity index (χ2v) is 3.53. The summed E-state index contributed by atoms with van der Waals surface area (Å²) < 4.78 is 1.94. The number of rotatable bonds is 0. The van der Waals surface area contributed by atoms with Crippen LogP contribution in [0.3, 0.4) is 0 Å². The van der Waals surface area contributed by atoms with Crippen LogP contribution in [0.2, 0.25) is 0 Å². The summed E-state index contributed by atoms with van der Waals surface area (Å²) in [6.07, 6.45) is 11.5. The van der Waals surface area contributed by atoms with Gasteiger partial charge < -0.3 is 0 Å². The molecule has 70 valence electrons. The van der Waals surface area contributed by atoms with Crippen LogP contribution < -0.4 is 9.59 Å². The Morgan fingerprint density at radius 2 is 2.21 bits per heavy atom. The van der Waals surface area contributed by atoms with Crippen molar-refractivity contribution in [1.29, 1.82) is 0 Å². The molecule has 0 aliphatic heterocycles. The molecule has 1 nitrogen and oxygen atoms in total. The van der Waals surface area contributed by atoms with Crippen LogP contribution in [0.1, 0.15) is 12.0 Å². The van der Waals surface area contributed by atoms with Gasteiger partial charge in [-0.25, -0.2) is 0 Å². The lowest BCUT2D eigenvalue weighted by atomic mass is 10.1. The first-order valence-corrected chi connectivity index (χ1v) is 4.80. The second-order valence-electron chi connectivity index (χ2n) is 3.53. The van der Waals surface area contributed by atoms with Crippen LogP contribution in [0, 0.1) is 13.6 Å². The van der Waals surface area contributed by atoms with E-state index in [0.29, 0.717) is 0 Å². The Morgan fingerprint density at radius 3 is 2.86 bits per heavy atom. The number of pyridine rings is 1. The minimum Gasteiger partial charge on any atom is -0.174 e. The zero-order valence-corrected chi connectivity index (χ0v) is 8.40. The summed E-state index contributed by atoms with van der Waals surface area (Å²) in [4.78, 5) is 0. The minimum atomic E-state index is 0.997. The Labute approximate surface area is 84.1 Å². The molecule has 1 aromatic heterocycles. The molecular formula is C13H14N+. The lowest BCUT2D eigenvalue weighted by Gasteiger charge is -1.99. The molecule has 0 unspecified atom stereocenters. The third kappa shape index (κ3) is 1.53. The molecule has 1 aliphatic rings. The van der Waals surface area contributed by atoms with Crippen LogP contribution in [-0.2, 0) is 0 Å². The fraction of sp³-hybridized carbons (Fsp3) is 0.154. The van der Waals surface area contributed by atoms with Gasteiger partial charge in [-0.2, -0.15) is 4.24 Å². The van der Waals surface area contributed by atoms with Crippen molar-refractivity contribution in [2.75, 3.05) is 0 Å². The van der Waals surface area contributed by atoms with Crippen LogP contribution in [0.4, 0.5) is 0 Å². The number of aromatic nitrogens is 1. The highest BCUT2D eigenvalue weighted by molar-refractivity contribution is 5.59. The Hall–Kier alpha value is -1.63. The number of allylic oxidation sites excluding steroid dienone is 4. The average Bonchev–Trinajstić information content (AvgIpc) is 2.19. The molecule has 0 saturated heterocycles. The third-order valence-corrected chi connectivity index (χ3v) is 2.46. The maximum absolute atomic E-state index is 3.99. The molecule has 1 heterocycles. The molecule has 0 N–H and O–H groups in total. The summed E-state index contributed by atoms with van der Waals surface area (Å²) >= 11 is 0. The summed E-state index contributed by atoms with van der Waals surface area (Å²) in [5.41, 5.74) is 2.61. The molecule has 0 spiro atoms. The second kappa shape index (κ2) is 3.62. The monoisotopic (exact) mass is 184 g/mol. The zero-order valence-electron chi connectivity index (χ0n) is 8.40. The van der Waals surface area contributed by atoms with Crippen LogP contribution in [0.25, 0.3) is 5.57 Å². The Morgan fingerprint density at radius 1 is 1.36 bits per heavy atom. The van der Waals surface area contributed by atoms with Gasteiger partial charge in [0.25, 0.3) is 0 Å². The van der Waals surface area contributed by atoms with Crippen molar-refractivity contribution in [3.63, 3.8) is 0 Å². The fourth-order valence-corrected chi connectivity index (χ4v) is 1.80. The van der Waals surface area contributed by atoms with Crippen LogP contribution in [-0.4, -0.2) is 0 Å². The first-order valence-electron chi connectivity index (χ1n) is 4.80. The first-order chi connectivity index (χ1) is 6.79. The van der Waals surface area contributed by atoms with Gasteiger partial charge in [-0.1, -0.05) is 24.3 Å². The van der Waals surface area contributed by atoms with E-state index >= 15 is 0 Å². The molecule has 0 radical (unpaired) electrons. The molecule has 0 fully saturated rings. The molecule has 0 aromatic carbocycles. The lowest BCUT2D eigenvalue weighted by Crippen LogP contribution is -2.38. The molecule has 0 atom stereocenters. The van der Waals surface area contributed by atoms with Crippen molar-refractivity contribution in [2.45, 2.75) is 13.3 Å². The number of hydrogen-bond donors (Lipinski definition) is 0. The quantitative estimate of drug-likeness (QED) is 0.540. The minimum absolute atomic E-state index is 0.997. The maximum Gasteiger partial charge on any atom is 0.216 e. The Balaban J connectivity index is 2.77. The Kier molecular flexibility index (Phi) is 2.32. The normalized spacial score (nSPS) is 18.6. The molecular weight excluding hydrogens is 170 g/mol. The zero-order chi connectivity index (χ0) is 9.97. The van der Waals surface area contributed by atoms with E-state index in [1.54, 1.807) is 0 Å². The number of hydrogen-bond acceptors (Lipinski definition) is 0.